The average molecular weight is 302 g/mol. The summed E-state index contributed by atoms with van der Waals surface area (Å²) < 4.78 is 4.58. The van der Waals surface area contributed by atoms with Crippen LogP contribution < -0.4 is 10.6 Å². The van der Waals surface area contributed by atoms with Crippen molar-refractivity contribution in [1.82, 2.24) is 10.6 Å². The van der Waals surface area contributed by atoms with Crippen LogP contribution in [0.1, 0.15) is 19.3 Å². The average Bonchev–Trinajstić information content (AvgIpc) is 2.40. The van der Waals surface area contributed by atoms with Crippen molar-refractivity contribution < 1.29 is 34.1 Å². The van der Waals surface area contributed by atoms with E-state index in [4.69, 9.17) is 10.2 Å². The summed E-state index contributed by atoms with van der Waals surface area (Å²) in [5, 5.41) is 21.7. The lowest BCUT2D eigenvalue weighted by atomic mass is 10.2. The molecule has 9 nitrogen and oxygen atoms in total. The van der Waals surface area contributed by atoms with Gasteiger partial charge in [0.15, 0.2) is 0 Å². The Morgan fingerprint density at radius 1 is 1.19 bits per heavy atom. The number of carboxylic acid groups (broad SMARTS) is 2. The standard InChI is InChI=1S/C12H18N2O7/c1-2-6-21-12(20)13-7-8(11(18)19)14-9(15)4-3-5-10(16)17/h2,8H,1,3-7H2,(H,13,20)(H,14,15)(H,16,17)(H,18,19)/t8-/m0/s1. The first-order valence-corrected chi connectivity index (χ1v) is 6.12. The molecular formula is C12H18N2O7. The van der Waals surface area contributed by atoms with Crippen LogP contribution >= 0.6 is 0 Å². The van der Waals surface area contributed by atoms with Gasteiger partial charge in [0, 0.05) is 12.8 Å². The predicted octanol–water partition coefficient (Wildman–Crippen LogP) is -0.277. The normalized spacial score (nSPS) is 11.0. The van der Waals surface area contributed by atoms with E-state index >= 15 is 0 Å². The van der Waals surface area contributed by atoms with E-state index in [0.29, 0.717) is 0 Å². The lowest BCUT2D eigenvalue weighted by Crippen LogP contribution is -2.48. The van der Waals surface area contributed by atoms with Crippen molar-refractivity contribution in [1.29, 1.82) is 0 Å². The molecule has 0 unspecified atom stereocenters. The third kappa shape index (κ3) is 9.93. The number of nitrogens with one attached hydrogen (secondary N) is 2. The molecule has 118 valence electrons. The Bertz CT molecular complexity index is 408. The van der Waals surface area contributed by atoms with E-state index in [9.17, 15) is 19.2 Å². The molecule has 0 aromatic rings. The van der Waals surface area contributed by atoms with Gasteiger partial charge in [0.25, 0.3) is 0 Å². The Labute approximate surface area is 121 Å². The highest BCUT2D eigenvalue weighted by Gasteiger charge is 2.20. The van der Waals surface area contributed by atoms with E-state index in [-0.39, 0.29) is 32.4 Å². The van der Waals surface area contributed by atoms with Crippen molar-refractivity contribution in [3.8, 4) is 0 Å². The van der Waals surface area contributed by atoms with Gasteiger partial charge >= 0.3 is 18.0 Å². The summed E-state index contributed by atoms with van der Waals surface area (Å²) in [5.41, 5.74) is 0. The summed E-state index contributed by atoms with van der Waals surface area (Å²) in [5.74, 6) is -2.97. The van der Waals surface area contributed by atoms with E-state index < -0.39 is 30.0 Å². The van der Waals surface area contributed by atoms with Gasteiger partial charge in [-0.2, -0.15) is 0 Å². The number of carboxylic acids is 2. The number of hydrogen-bond acceptors (Lipinski definition) is 5. The molecule has 0 aliphatic heterocycles. The fourth-order valence-electron chi connectivity index (χ4n) is 1.24. The zero-order chi connectivity index (χ0) is 16.3. The number of carbonyl (C=O) groups excluding carboxylic acids is 2. The molecule has 21 heavy (non-hydrogen) atoms. The topological polar surface area (TPSA) is 142 Å². The highest BCUT2D eigenvalue weighted by molar-refractivity contribution is 5.84. The maximum absolute atomic E-state index is 11.4. The second kappa shape index (κ2) is 10.2. The zero-order valence-corrected chi connectivity index (χ0v) is 11.3. The van der Waals surface area contributed by atoms with E-state index in [1.165, 1.54) is 6.08 Å². The quantitative estimate of drug-likeness (QED) is 0.406. The summed E-state index contributed by atoms with van der Waals surface area (Å²) in [7, 11) is 0. The minimum atomic E-state index is -1.33. The molecule has 9 heteroatoms. The Kier molecular flexibility index (Phi) is 8.98. The van der Waals surface area contributed by atoms with Gasteiger partial charge in [-0.1, -0.05) is 12.7 Å². The third-order valence-corrected chi connectivity index (χ3v) is 2.21. The van der Waals surface area contributed by atoms with Gasteiger partial charge in [0.2, 0.25) is 5.91 Å². The fourth-order valence-corrected chi connectivity index (χ4v) is 1.24. The minimum absolute atomic E-state index is 0.0227. The monoisotopic (exact) mass is 302 g/mol. The first-order valence-electron chi connectivity index (χ1n) is 6.12. The lowest BCUT2D eigenvalue weighted by molar-refractivity contribution is -0.142. The summed E-state index contributed by atoms with van der Waals surface area (Å²) in [4.78, 5) is 43.7. The second-order valence-electron chi connectivity index (χ2n) is 3.97. The van der Waals surface area contributed by atoms with Gasteiger partial charge in [0.05, 0.1) is 6.54 Å². The van der Waals surface area contributed by atoms with Crippen molar-refractivity contribution >= 4 is 23.9 Å². The first-order chi connectivity index (χ1) is 9.86. The number of amides is 2. The molecule has 0 saturated carbocycles. The molecular weight excluding hydrogens is 284 g/mol. The lowest BCUT2D eigenvalue weighted by Gasteiger charge is -2.15. The van der Waals surface area contributed by atoms with Gasteiger partial charge in [-0.05, 0) is 6.42 Å². The largest absolute Gasteiger partial charge is 0.481 e. The number of ether oxygens (including phenoxy) is 1. The summed E-state index contributed by atoms with van der Waals surface area (Å²) in [6.45, 7) is 2.96. The van der Waals surface area contributed by atoms with Crippen molar-refractivity contribution in [3.63, 3.8) is 0 Å². The van der Waals surface area contributed by atoms with Crippen LogP contribution in [0.25, 0.3) is 0 Å². The third-order valence-electron chi connectivity index (χ3n) is 2.21. The molecule has 0 aliphatic rings. The molecule has 0 aromatic carbocycles. The summed E-state index contributed by atoms with van der Waals surface area (Å²) in [6.07, 6.45) is 0.316. The maximum atomic E-state index is 11.4. The van der Waals surface area contributed by atoms with Gasteiger partial charge in [-0.15, -0.1) is 0 Å². The number of carbonyl (C=O) groups is 4. The SMILES string of the molecule is C=CCOC(=O)NC[C@H](NC(=O)CCCC(=O)O)C(=O)O. The molecule has 0 aliphatic carbocycles. The Balaban J connectivity index is 4.14. The molecule has 0 saturated heterocycles. The number of alkyl carbamates (subject to hydrolysis) is 1. The van der Waals surface area contributed by atoms with Gasteiger partial charge in [-0.3, -0.25) is 9.59 Å². The van der Waals surface area contributed by atoms with Crippen LogP contribution in [0.2, 0.25) is 0 Å². The smallest absolute Gasteiger partial charge is 0.407 e. The predicted molar refractivity (Wildman–Crippen MR) is 70.6 cm³/mol. The van der Waals surface area contributed by atoms with Crippen molar-refractivity contribution in [2.75, 3.05) is 13.2 Å². The van der Waals surface area contributed by atoms with Crippen molar-refractivity contribution in [3.05, 3.63) is 12.7 Å². The fraction of sp³-hybridized carbons (Fsp3) is 0.500. The molecule has 0 bridgehead atoms. The van der Waals surface area contributed by atoms with Crippen molar-refractivity contribution in [2.45, 2.75) is 25.3 Å². The maximum Gasteiger partial charge on any atom is 0.407 e. The second-order valence-corrected chi connectivity index (χ2v) is 3.97. The highest BCUT2D eigenvalue weighted by Crippen LogP contribution is 1.96. The van der Waals surface area contributed by atoms with E-state index in [1.54, 1.807) is 0 Å². The number of rotatable bonds is 10. The Morgan fingerprint density at radius 3 is 2.38 bits per heavy atom. The molecule has 0 radical (unpaired) electrons. The van der Waals surface area contributed by atoms with Crippen LogP contribution in [0.4, 0.5) is 4.79 Å². The molecule has 0 fully saturated rings. The summed E-state index contributed by atoms with van der Waals surface area (Å²) >= 11 is 0. The molecule has 4 N–H and O–H groups in total. The highest BCUT2D eigenvalue weighted by atomic mass is 16.5. The van der Waals surface area contributed by atoms with E-state index in [1.807, 2.05) is 0 Å². The van der Waals surface area contributed by atoms with Gasteiger partial charge < -0.3 is 25.6 Å². The minimum Gasteiger partial charge on any atom is -0.481 e. The molecule has 0 spiro atoms. The first kappa shape index (κ1) is 18.4. The van der Waals surface area contributed by atoms with Gasteiger partial charge in [-0.25, -0.2) is 9.59 Å². The molecule has 1 atom stereocenters. The van der Waals surface area contributed by atoms with Crippen LogP contribution in [0.5, 0.6) is 0 Å². The van der Waals surface area contributed by atoms with Crippen molar-refractivity contribution in [2.24, 2.45) is 0 Å². The zero-order valence-electron chi connectivity index (χ0n) is 11.3. The molecule has 0 rings (SSSR count). The Hall–Kier alpha value is -2.58. The number of hydrogen-bond donors (Lipinski definition) is 4. The Morgan fingerprint density at radius 2 is 1.86 bits per heavy atom. The van der Waals surface area contributed by atoms with Crippen LogP contribution in [-0.2, 0) is 19.1 Å². The van der Waals surface area contributed by atoms with Gasteiger partial charge in [0.1, 0.15) is 12.6 Å². The molecule has 0 heterocycles. The van der Waals surface area contributed by atoms with Crippen LogP contribution in [0.15, 0.2) is 12.7 Å². The molecule has 2 amide bonds. The molecule has 0 aromatic heterocycles. The van der Waals surface area contributed by atoms with Crippen LogP contribution in [0.3, 0.4) is 0 Å². The van der Waals surface area contributed by atoms with E-state index in [0.717, 1.165) is 0 Å². The van der Waals surface area contributed by atoms with Crippen LogP contribution in [-0.4, -0.2) is 53.3 Å². The van der Waals surface area contributed by atoms with Crippen LogP contribution in [0, 0.1) is 0 Å². The number of aliphatic carboxylic acids is 2. The summed E-state index contributed by atoms with van der Waals surface area (Å²) in [6, 6.07) is -1.32. The van der Waals surface area contributed by atoms with E-state index in [2.05, 4.69) is 21.9 Å².